The third-order valence-corrected chi connectivity index (χ3v) is 1.95. The first-order chi connectivity index (χ1) is 6.67. The van der Waals surface area contributed by atoms with Crippen molar-refractivity contribution >= 4 is 17.4 Å². The second kappa shape index (κ2) is 5.07. The zero-order chi connectivity index (χ0) is 10.6. The first-order valence-corrected chi connectivity index (χ1v) is 4.60. The summed E-state index contributed by atoms with van der Waals surface area (Å²) in [7, 11) is 0. The predicted molar refractivity (Wildman–Crippen MR) is 51.8 cm³/mol. The molecule has 0 radical (unpaired) electrons. The molecule has 0 spiro atoms. The van der Waals surface area contributed by atoms with E-state index in [1.54, 1.807) is 0 Å². The standard InChI is InChI=1S/C8H11ClFN3O/c1-2-5(4-14)12-7-6(10)3-11-8(9)13-7/h3,5,14H,2,4H2,1H3,(H,11,12,13). The van der Waals surface area contributed by atoms with Crippen molar-refractivity contribution < 1.29 is 9.50 Å². The average molecular weight is 220 g/mol. The van der Waals surface area contributed by atoms with Crippen LogP contribution < -0.4 is 5.32 Å². The summed E-state index contributed by atoms with van der Waals surface area (Å²) in [6.45, 7) is 1.78. The molecule has 0 fully saturated rings. The second-order valence-corrected chi connectivity index (χ2v) is 3.11. The van der Waals surface area contributed by atoms with Crippen LogP contribution in [0.1, 0.15) is 13.3 Å². The van der Waals surface area contributed by atoms with E-state index in [4.69, 9.17) is 16.7 Å². The van der Waals surface area contributed by atoms with Gasteiger partial charge in [-0.05, 0) is 18.0 Å². The van der Waals surface area contributed by atoms with E-state index >= 15 is 0 Å². The Balaban J connectivity index is 2.79. The van der Waals surface area contributed by atoms with Crippen molar-refractivity contribution in [3.63, 3.8) is 0 Å². The first-order valence-electron chi connectivity index (χ1n) is 4.22. The van der Waals surface area contributed by atoms with Crippen LogP contribution in [0.15, 0.2) is 6.20 Å². The van der Waals surface area contributed by atoms with Crippen LogP contribution in [-0.4, -0.2) is 27.7 Å². The van der Waals surface area contributed by atoms with Crippen LogP contribution in [0.25, 0.3) is 0 Å². The van der Waals surface area contributed by atoms with Crippen LogP contribution in [-0.2, 0) is 0 Å². The monoisotopic (exact) mass is 219 g/mol. The lowest BCUT2D eigenvalue weighted by Gasteiger charge is -2.14. The van der Waals surface area contributed by atoms with Gasteiger partial charge in [0.15, 0.2) is 11.6 Å². The summed E-state index contributed by atoms with van der Waals surface area (Å²) in [5.41, 5.74) is 0. The Morgan fingerprint density at radius 1 is 1.71 bits per heavy atom. The molecule has 0 aliphatic carbocycles. The van der Waals surface area contributed by atoms with Gasteiger partial charge < -0.3 is 10.4 Å². The van der Waals surface area contributed by atoms with Gasteiger partial charge in [-0.1, -0.05) is 6.92 Å². The molecule has 6 heteroatoms. The fourth-order valence-corrected chi connectivity index (χ4v) is 1.05. The van der Waals surface area contributed by atoms with Crippen molar-refractivity contribution in [3.05, 3.63) is 17.3 Å². The number of aromatic nitrogens is 2. The average Bonchev–Trinajstić information content (AvgIpc) is 2.19. The van der Waals surface area contributed by atoms with Crippen molar-refractivity contribution in [1.29, 1.82) is 0 Å². The van der Waals surface area contributed by atoms with Gasteiger partial charge in [0.05, 0.1) is 18.8 Å². The summed E-state index contributed by atoms with van der Waals surface area (Å²) in [6, 6.07) is -0.226. The fraction of sp³-hybridized carbons (Fsp3) is 0.500. The molecule has 1 aromatic heterocycles. The molecule has 4 nitrogen and oxygen atoms in total. The van der Waals surface area contributed by atoms with E-state index in [0.29, 0.717) is 6.42 Å². The molecule has 1 aromatic rings. The maximum Gasteiger partial charge on any atom is 0.224 e. The Bertz CT molecular complexity index is 307. The van der Waals surface area contributed by atoms with E-state index in [1.165, 1.54) is 0 Å². The van der Waals surface area contributed by atoms with Gasteiger partial charge in [-0.15, -0.1) is 0 Å². The zero-order valence-electron chi connectivity index (χ0n) is 7.67. The van der Waals surface area contributed by atoms with E-state index in [1.807, 2.05) is 6.92 Å². The zero-order valence-corrected chi connectivity index (χ0v) is 8.42. The maximum atomic E-state index is 13.1. The third-order valence-electron chi connectivity index (χ3n) is 1.77. The summed E-state index contributed by atoms with van der Waals surface area (Å²) in [6.07, 6.45) is 1.65. The maximum absolute atomic E-state index is 13.1. The van der Waals surface area contributed by atoms with E-state index in [2.05, 4.69) is 15.3 Å². The molecular weight excluding hydrogens is 209 g/mol. The highest BCUT2D eigenvalue weighted by Gasteiger charge is 2.10. The fourth-order valence-electron chi connectivity index (χ4n) is 0.917. The molecule has 2 N–H and O–H groups in total. The van der Waals surface area contributed by atoms with Gasteiger partial charge in [-0.2, -0.15) is 4.98 Å². The Hall–Kier alpha value is -0.940. The van der Waals surface area contributed by atoms with Gasteiger partial charge in [-0.25, -0.2) is 9.37 Å². The first kappa shape index (κ1) is 11.1. The van der Waals surface area contributed by atoms with Crippen molar-refractivity contribution in [2.24, 2.45) is 0 Å². The largest absolute Gasteiger partial charge is 0.394 e. The Labute approximate surface area is 86.1 Å². The van der Waals surface area contributed by atoms with Crippen LogP contribution >= 0.6 is 11.6 Å². The van der Waals surface area contributed by atoms with Crippen LogP contribution in [0.4, 0.5) is 10.2 Å². The van der Waals surface area contributed by atoms with Crippen molar-refractivity contribution in [1.82, 2.24) is 9.97 Å². The van der Waals surface area contributed by atoms with E-state index < -0.39 is 5.82 Å². The van der Waals surface area contributed by atoms with Gasteiger partial charge in [0.2, 0.25) is 5.28 Å². The topological polar surface area (TPSA) is 58.0 Å². The summed E-state index contributed by atoms with van der Waals surface area (Å²) >= 11 is 5.50. The minimum atomic E-state index is -0.582. The third kappa shape index (κ3) is 2.78. The van der Waals surface area contributed by atoms with Gasteiger partial charge in [-0.3, -0.25) is 0 Å². The second-order valence-electron chi connectivity index (χ2n) is 2.77. The van der Waals surface area contributed by atoms with Gasteiger partial charge in [0.1, 0.15) is 0 Å². The van der Waals surface area contributed by atoms with Crippen molar-refractivity contribution in [2.75, 3.05) is 11.9 Å². The van der Waals surface area contributed by atoms with Crippen molar-refractivity contribution in [3.8, 4) is 0 Å². The van der Waals surface area contributed by atoms with Gasteiger partial charge >= 0.3 is 0 Å². The highest BCUT2D eigenvalue weighted by molar-refractivity contribution is 6.28. The number of rotatable bonds is 4. The molecule has 0 aliphatic heterocycles. The minimum Gasteiger partial charge on any atom is -0.394 e. The van der Waals surface area contributed by atoms with E-state index in [-0.39, 0.29) is 23.8 Å². The predicted octanol–water partition coefficient (Wildman–Crippen LogP) is 1.45. The number of nitrogens with one attached hydrogen (secondary N) is 1. The van der Waals surface area contributed by atoms with Crippen LogP contribution in [0.5, 0.6) is 0 Å². The Morgan fingerprint density at radius 2 is 2.43 bits per heavy atom. The molecule has 0 bridgehead atoms. The molecule has 0 amide bonds. The number of hydrogen-bond donors (Lipinski definition) is 2. The number of halogens is 2. The Morgan fingerprint density at radius 3 is 3.00 bits per heavy atom. The molecule has 1 rings (SSSR count). The molecule has 1 unspecified atom stereocenters. The number of aliphatic hydroxyl groups is 1. The molecule has 0 aromatic carbocycles. The summed E-state index contributed by atoms with van der Waals surface area (Å²) in [5, 5.41) is 11.6. The van der Waals surface area contributed by atoms with Crippen LogP contribution in [0.2, 0.25) is 5.28 Å². The van der Waals surface area contributed by atoms with Gasteiger partial charge in [0.25, 0.3) is 0 Å². The molecule has 0 saturated heterocycles. The molecule has 14 heavy (non-hydrogen) atoms. The SMILES string of the molecule is CCC(CO)Nc1nc(Cl)ncc1F. The van der Waals surface area contributed by atoms with Crippen LogP contribution in [0.3, 0.4) is 0 Å². The van der Waals surface area contributed by atoms with E-state index in [9.17, 15) is 4.39 Å². The quantitative estimate of drug-likeness (QED) is 0.753. The summed E-state index contributed by atoms with van der Waals surface area (Å²) in [4.78, 5) is 7.14. The van der Waals surface area contributed by atoms with Crippen LogP contribution in [0, 0.1) is 5.82 Å². The molecule has 1 atom stereocenters. The smallest absolute Gasteiger partial charge is 0.224 e. The number of nitrogens with zero attached hydrogens (tertiary/aromatic N) is 2. The molecular formula is C8H11ClFN3O. The summed E-state index contributed by atoms with van der Waals surface area (Å²) in [5.74, 6) is -0.563. The Kier molecular flexibility index (Phi) is 4.03. The minimum absolute atomic E-state index is 0.0194. The van der Waals surface area contributed by atoms with Crippen molar-refractivity contribution in [2.45, 2.75) is 19.4 Å². The molecule has 0 aliphatic rings. The van der Waals surface area contributed by atoms with Gasteiger partial charge in [0, 0.05) is 0 Å². The lowest BCUT2D eigenvalue weighted by molar-refractivity contribution is 0.271. The number of aliphatic hydroxyl groups excluding tert-OH is 1. The molecule has 78 valence electrons. The normalized spacial score (nSPS) is 12.6. The number of anilines is 1. The molecule has 0 saturated carbocycles. The number of hydrogen-bond acceptors (Lipinski definition) is 4. The highest BCUT2D eigenvalue weighted by atomic mass is 35.5. The lowest BCUT2D eigenvalue weighted by atomic mass is 10.2. The summed E-state index contributed by atoms with van der Waals surface area (Å²) < 4.78 is 13.1. The lowest BCUT2D eigenvalue weighted by Crippen LogP contribution is -2.24. The molecule has 1 heterocycles. The van der Waals surface area contributed by atoms with E-state index in [0.717, 1.165) is 6.20 Å². The highest BCUT2D eigenvalue weighted by Crippen LogP contribution is 2.13.